The van der Waals surface area contributed by atoms with Gasteiger partial charge in [0, 0.05) is 100.0 Å². The molecule has 4 aromatic carbocycles. The number of aliphatic hydroxyl groups is 2. The maximum absolute atomic E-state index is 14.3. The van der Waals surface area contributed by atoms with Gasteiger partial charge in [-0.3, -0.25) is 9.97 Å². The molecule has 6 aromatic heterocycles. The van der Waals surface area contributed by atoms with Gasteiger partial charge in [-0.1, -0.05) is 121 Å². The summed E-state index contributed by atoms with van der Waals surface area (Å²) in [6.45, 7) is 25.4. The number of hydrogen-bond acceptors (Lipinski definition) is 22. The molecule has 2 N–H and O–H groups in total. The molecule has 112 heavy (non-hydrogen) atoms. The first-order valence-electron chi connectivity index (χ1n) is 37.6. The van der Waals surface area contributed by atoms with Crippen LogP contribution in [-0.2, 0) is 11.3 Å². The van der Waals surface area contributed by atoms with Gasteiger partial charge in [0.1, 0.15) is 74.3 Å². The standard InChI is InChI=1S/C22H22FN3O2S.C21H20FN5S.C21H22FN5S.C21H22FN3OS/c1-15-5-9-26(10-6-15)21-25-20(16-2-3-17(13-24)18(23)12-16)19(29-21)4-7-22(27)8-11-28-14-22;1-13-5-7-27(8-6-13)21-26-19(15-3-4-16(10-23)17(22)9-15)20(28-21)18-12-24-14(2)11-25-18;1-3-26-12-18(24-13-26)20-19(15-4-5-16(11-23)17(22)10-15)25-21(28-20)27-8-6-14(2)7-9-27;1-14-7-10-25(11-8-14)20-24-19(18(27-20)6-9-21(2,3)26)15-4-5-16(13-23)17(22)12-15/h2-3,12,15,27H,5-6,8-11,14H2,1H3;3-4,9,11-13H,5-8H2,1-2H3;4-5,10,12-14H,3,6-9H2,1-2H3;4-5,12,14,26H,7-8,10-11H2,1-3H3. The second-order valence-corrected chi connectivity index (χ2v) is 33.5. The molecule has 0 aliphatic carbocycles. The van der Waals surface area contributed by atoms with E-state index in [1.54, 1.807) is 79.5 Å². The lowest BCUT2D eigenvalue weighted by Gasteiger charge is -2.29. The van der Waals surface area contributed by atoms with Crippen LogP contribution in [0.25, 0.3) is 66.2 Å². The molecule has 5 aliphatic heterocycles. The fourth-order valence-corrected chi connectivity index (χ4v) is 17.3. The SMILES string of the molecule is CC1CCN(c2nc(-c3ccc(C#N)c(F)c3)c(C#CC(C)(C)O)s2)CC1.CC1CCN(c2nc(-c3ccc(C#N)c(F)c3)c(C#CC3(O)CCOC3)s2)CC1.CCn1cnc(-c2sc(N3CCC(C)CC3)nc2-c2ccc(C#N)c(F)c2)c1.Cc1cnc(-c2sc(N3CCC(C)CC3)nc2-c2ccc(C#N)c(F)c2)cn1. The third-order valence-electron chi connectivity index (χ3n) is 20.3. The zero-order valence-corrected chi connectivity index (χ0v) is 67.1. The van der Waals surface area contributed by atoms with Crippen LogP contribution in [0.2, 0.25) is 0 Å². The van der Waals surface area contributed by atoms with E-state index in [0.717, 1.165) is 175 Å². The lowest BCUT2D eigenvalue weighted by Crippen LogP contribution is -2.32. The number of piperidine rings is 4. The molecule has 0 spiro atoms. The maximum Gasteiger partial charge on any atom is 0.187 e. The third kappa shape index (κ3) is 20.1. The van der Waals surface area contributed by atoms with Crippen LogP contribution in [0.5, 0.6) is 0 Å². The van der Waals surface area contributed by atoms with Gasteiger partial charge in [0.05, 0.1) is 86.2 Å². The summed E-state index contributed by atoms with van der Waals surface area (Å²) in [5.74, 6) is 12.5. The van der Waals surface area contributed by atoms with Crippen molar-refractivity contribution in [2.24, 2.45) is 23.7 Å². The molecule has 0 radical (unpaired) electrons. The monoisotopic (exact) mass is 1580 g/mol. The topological polar surface area (TPSA) is 253 Å². The zero-order chi connectivity index (χ0) is 79.4. The molecule has 5 fully saturated rings. The summed E-state index contributed by atoms with van der Waals surface area (Å²) in [5.41, 5.74) is 5.25. The van der Waals surface area contributed by atoms with Crippen LogP contribution in [0.4, 0.5) is 38.1 Å². The fourth-order valence-electron chi connectivity index (χ4n) is 13.1. The summed E-state index contributed by atoms with van der Waals surface area (Å²) in [6, 6.07) is 25.7. The van der Waals surface area contributed by atoms with Gasteiger partial charge in [0.25, 0.3) is 0 Å². The summed E-state index contributed by atoms with van der Waals surface area (Å²) in [4.78, 5) is 44.9. The number of thiazole rings is 4. The minimum atomic E-state index is -1.15. The molecular formula is C85H86F4N16O3S4. The van der Waals surface area contributed by atoms with Crippen LogP contribution < -0.4 is 19.6 Å². The van der Waals surface area contributed by atoms with E-state index in [-0.39, 0.29) is 28.9 Å². The van der Waals surface area contributed by atoms with Crippen LogP contribution in [-0.4, -0.2) is 126 Å². The van der Waals surface area contributed by atoms with Gasteiger partial charge < -0.3 is 39.1 Å². The summed E-state index contributed by atoms with van der Waals surface area (Å²) in [6.07, 6.45) is 16.8. The van der Waals surface area contributed by atoms with Crippen molar-refractivity contribution >= 4 is 65.9 Å². The number of rotatable bonds is 11. The predicted molar refractivity (Wildman–Crippen MR) is 434 cm³/mol. The Morgan fingerprint density at radius 2 is 0.875 bits per heavy atom. The number of anilines is 4. The number of aromatic nitrogens is 8. The van der Waals surface area contributed by atoms with Crippen molar-refractivity contribution in [1.82, 2.24) is 39.5 Å². The number of halogens is 4. The first kappa shape index (κ1) is 81.1. The minimum Gasteiger partial charge on any atom is -0.378 e. The molecule has 19 nitrogen and oxygen atoms in total. The largest absolute Gasteiger partial charge is 0.378 e. The number of imidazole rings is 1. The molecule has 1 atom stereocenters. The quantitative estimate of drug-likeness (QED) is 0.0901. The molecule has 5 saturated heterocycles. The summed E-state index contributed by atoms with van der Waals surface area (Å²) in [5, 5.41) is 60.0. The molecule has 10 aromatic rings. The highest BCUT2D eigenvalue weighted by Gasteiger charge is 2.32. The van der Waals surface area contributed by atoms with Gasteiger partial charge in [0.2, 0.25) is 0 Å². The van der Waals surface area contributed by atoms with Crippen molar-refractivity contribution in [3.63, 3.8) is 0 Å². The van der Waals surface area contributed by atoms with Gasteiger partial charge in [-0.05, 0) is 151 Å². The van der Waals surface area contributed by atoms with E-state index in [1.807, 2.05) is 42.0 Å². The van der Waals surface area contributed by atoms with E-state index in [4.69, 9.17) is 45.7 Å². The second kappa shape index (κ2) is 36.4. The van der Waals surface area contributed by atoms with Crippen molar-refractivity contribution in [1.29, 1.82) is 21.0 Å². The molecule has 5 aliphatic rings. The fraction of sp³-hybridized carbons (Fsp3) is 0.400. The van der Waals surface area contributed by atoms with Crippen molar-refractivity contribution in [3.8, 4) is 114 Å². The Morgan fingerprint density at radius 3 is 1.21 bits per heavy atom. The van der Waals surface area contributed by atoms with Crippen LogP contribution in [0.1, 0.15) is 144 Å². The highest BCUT2D eigenvalue weighted by molar-refractivity contribution is 7.20. The maximum atomic E-state index is 14.3. The first-order chi connectivity index (χ1) is 53.9. The normalized spacial score (nSPS) is 16.9. The Hall–Kier alpha value is -10.4. The molecule has 576 valence electrons. The van der Waals surface area contributed by atoms with Crippen LogP contribution in [0.3, 0.4) is 0 Å². The van der Waals surface area contributed by atoms with Crippen molar-refractivity contribution in [2.45, 2.75) is 131 Å². The number of ether oxygens (including phenoxy) is 1. The Kier molecular flexibility index (Phi) is 26.3. The lowest BCUT2D eigenvalue weighted by molar-refractivity contribution is 0.0765. The number of benzene rings is 4. The number of hydrogen-bond donors (Lipinski definition) is 2. The first-order valence-corrected chi connectivity index (χ1v) is 40.9. The zero-order valence-electron chi connectivity index (χ0n) is 63.8. The van der Waals surface area contributed by atoms with Gasteiger partial charge >= 0.3 is 0 Å². The summed E-state index contributed by atoms with van der Waals surface area (Å²) >= 11 is 6.09. The molecule has 11 heterocycles. The van der Waals surface area contributed by atoms with Crippen LogP contribution in [0.15, 0.2) is 97.7 Å². The van der Waals surface area contributed by atoms with E-state index in [2.05, 4.69) is 92.9 Å². The average molecular weight is 1580 g/mol. The highest BCUT2D eigenvalue weighted by Crippen LogP contribution is 2.44. The van der Waals surface area contributed by atoms with Crippen LogP contribution >= 0.6 is 45.3 Å². The van der Waals surface area contributed by atoms with Gasteiger partial charge in [0.15, 0.2) is 26.1 Å². The Bertz CT molecular complexity index is 5310. The number of nitrogens with zero attached hydrogens (tertiary/aromatic N) is 16. The van der Waals surface area contributed by atoms with E-state index < -0.39 is 34.5 Å². The molecule has 1 unspecified atom stereocenters. The molecule has 0 amide bonds. The number of aryl methyl sites for hydroxylation is 2. The van der Waals surface area contributed by atoms with Crippen molar-refractivity contribution in [2.75, 3.05) is 85.2 Å². The molecule has 0 saturated carbocycles. The highest BCUT2D eigenvalue weighted by atomic mass is 32.1. The minimum absolute atomic E-state index is 0.000675. The molecule has 15 rings (SSSR count). The van der Waals surface area contributed by atoms with E-state index in [9.17, 15) is 27.8 Å². The van der Waals surface area contributed by atoms with Gasteiger partial charge in [-0.2, -0.15) is 21.0 Å². The Morgan fingerprint density at radius 1 is 0.509 bits per heavy atom. The summed E-state index contributed by atoms with van der Waals surface area (Å²) < 4.78 is 64.1. The smallest absolute Gasteiger partial charge is 0.187 e. The molecular weight excluding hydrogens is 1500 g/mol. The van der Waals surface area contributed by atoms with Gasteiger partial charge in [-0.15, -0.1) is 0 Å². The lowest BCUT2D eigenvalue weighted by atomic mass is 10.00. The molecule has 27 heteroatoms. The van der Waals surface area contributed by atoms with Gasteiger partial charge in [-0.25, -0.2) is 42.5 Å². The Balaban J connectivity index is 0.000000139. The third-order valence-corrected chi connectivity index (χ3v) is 24.6. The average Bonchev–Trinajstić information content (AvgIpc) is 1.65. The van der Waals surface area contributed by atoms with Crippen LogP contribution in [0, 0.1) is 123 Å². The Labute approximate surface area is 667 Å². The van der Waals surface area contributed by atoms with E-state index >= 15 is 0 Å². The van der Waals surface area contributed by atoms with Crippen molar-refractivity contribution in [3.05, 3.63) is 159 Å². The summed E-state index contributed by atoms with van der Waals surface area (Å²) in [7, 11) is 0. The second-order valence-electron chi connectivity index (χ2n) is 29.6. The molecule has 0 bridgehead atoms. The van der Waals surface area contributed by atoms with Crippen molar-refractivity contribution < 1.29 is 32.5 Å². The number of nitriles is 4. The van der Waals surface area contributed by atoms with E-state index in [0.29, 0.717) is 74.0 Å². The van der Waals surface area contributed by atoms with E-state index in [1.165, 1.54) is 71.2 Å². The predicted octanol–water partition coefficient (Wildman–Crippen LogP) is 17.5.